The van der Waals surface area contributed by atoms with Gasteiger partial charge in [0.1, 0.15) is 5.82 Å². The summed E-state index contributed by atoms with van der Waals surface area (Å²) in [6.45, 7) is 0. The van der Waals surface area contributed by atoms with E-state index in [9.17, 15) is 21.7 Å². The highest BCUT2D eigenvalue weighted by Crippen LogP contribution is 2.06. The number of halogens is 5. The SMILES string of the molecule is F[B-](F)(F)F.Fc1[c]cccc1. The lowest BCUT2D eigenvalue weighted by atomic mass is 10.3. The van der Waals surface area contributed by atoms with E-state index >= 15 is 0 Å². The van der Waals surface area contributed by atoms with Crippen molar-refractivity contribution in [2.75, 3.05) is 0 Å². The molecule has 0 saturated carbocycles. The first-order valence-corrected chi connectivity index (χ1v) is 2.89. The van der Waals surface area contributed by atoms with E-state index in [4.69, 9.17) is 0 Å². The Morgan fingerprint density at radius 3 is 1.75 bits per heavy atom. The van der Waals surface area contributed by atoms with Gasteiger partial charge in [0.15, 0.2) is 0 Å². The van der Waals surface area contributed by atoms with Crippen LogP contribution in [0.3, 0.4) is 0 Å². The zero-order chi connectivity index (χ0) is 9.61. The summed E-state index contributed by atoms with van der Waals surface area (Å²) in [5.74, 6) is -0.303. The molecule has 0 aliphatic rings. The Bertz CT molecular complexity index is 201. The van der Waals surface area contributed by atoms with Crippen molar-refractivity contribution in [3.63, 3.8) is 0 Å². The fraction of sp³-hybridized carbons (Fsp3) is 0. The summed E-state index contributed by atoms with van der Waals surface area (Å²) < 4.78 is 50.9. The van der Waals surface area contributed by atoms with Crippen LogP contribution in [-0.2, 0) is 0 Å². The van der Waals surface area contributed by atoms with Crippen molar-refractivity contribution >= 4 is 7.25 Å². The summed E-state index contributed by atoms with van der Waals surface area (Å²) in [6.07, 6.45) is 0. The molecule has 0 atom stereocenters. The standard InChI is InChI=1S/C6H4F.BF4/c7-6-4-2-1-3-5-6;2-1(3,4)5/h1-4H;/q;-1. The van der Waals surface area contributed by atoms with Gasteiger partial charge in [-0.15, -0.1) is 0 Å². The molecule has 12 heavy (non-hydrogen) atoms. The summed E-state index contributed by atoms with van der Waals surface area (Å²) in [5.41, 5.74) is 0. The summed E-state index contributed by atoms with van der Waals surface area (Å²) in [7, 11) is -6.00. The van der Waals surface area contributed by atoms with E-state index in [0.29, 0.717) is 0 Å². The van der Waals surface area contributed by atoms with Crippen LogP contribution in [0.15, 0.2) is 24.3 Å². The molecule has 0 nitrogen and oxygen atoms in total. The third-order valence-corrected chi connectivity index (χ3v) is 0.671. The van der Waals surface area contributed by atoms with Crippen LogP contribution in [0.25, 0.3) is 0 Å². The first-order valence-electron chi connectivity index (χ1n) is 2.89. The van der Waals surface area contributed by atoms with Crippen LogP contribution in [0.1, 0.15) is 0 Å². The number of benzene rings is 1. The minimum atomic E-state index is -6.00. The Morgan fingerprint density at radius 2 is 1.58 bits per heavy atom. The highest BCUT2D eigenvalue weighted by atomic mass is 19.5. The van der Waals surface area contributed by atoms with Crippen molar-refractivity contribution in [2.45, 2.75) is 0 Å². The minimum Gasteiger partial charge on any atom is -0.418 e. The van der Waals surface area contributed by atoms with Gasteiger partial charge in [-0.3, -0.25) is 0 Å². The van der Waals surface area contributed by atoms with Gasteiger partial charge in [-0.05, 0) is 6.07 Å². The molecule has 0 saturated heterocycles. The van der Waals surface area contributed by atoms with Gasteiger partial charge in [-0.2, -0.15) is 0 Å². The van der Waals surface area contributed by atoms with Gasteiger partial charge < -0.3 is 17.3 Å². The summed E-state index contributed by atoms with van der Waals surface area (Å²) in [4.78, 5) is 0. The van der Waals surface area contributed by atoms with E-state index < -0.39 is 7.25 Å². The molecule has 0 aliphatic heterocycles. The molecular weight excluding hydrogens is 178 g/mol. The molecule has 0 heterocycles. The van der Waals surface area contributed by atoms with Crippen LogP contribution in [0.4, 0.5) is 21.7 Å². The quantitative estimate of drug-likeness (QED) is 0.427. The molecule has 0 aliphatic carbocycles. The van der Waals surface area contributed by atoms with Crippen LogP contribution in [0.2, 0.25) is 0 Å². The summed E-state index contributed by atoms with van der Waals surface area (Å²) in [5, 5.41) is 0. The summed E-state index contributed by atoms with van der Waals surface area (Å²) >= 11 is 0. The monoisotopic (exact) mass is 182 g/mol. The van der Waals surface area contributed by atoms with Crippen LogP contribution in [-0.4, -0.2) is 7.25 Å². The highest BCUT2D eigenvalue weighted by Gasteiger charge is 2.20. The first kappa shape index (κ1) is 10.9. The Morgan fingerprint density at radius 1 is 1.08 bits per heavy atom. The molecule has 67 valence electrons. The maximum atomic E-state index is 11.9. The molecule has 1 rings (SSSR count). The molecule has 1 aromatic carbocycles. The maximum absolute atomic E-state index is 11.9. The smallest absolute Gasteiger partial charge is 0.418 e. The number of rotatable bonds is 0. The van der Waals surface area contributed by atoms with Gasteiger partial charge in [0.2, 0.25) is 0 Å². The fourth-order valence-corrected chi connectivity index (χ4v) is 0.371. The van der Waals surface area contributed by atoms with Crippen molar-refractivity contribution in [1.29, 1.82) is 0 Å². The average molecular weight is 182 g/mol. The Kier molecular flexibility index (Phi) is 4.32. The highest BCUT2D eigenvalue weighted by molar-refractivity contribution is 6.50. The largest absolute Gasteiger partial charge is 0.673 e. The van der Waals surface area contributed by atoms with Crippen molar-refractivity contribution in [3.8, 4) is 0 Å². The molecule has 1 radical (unpaired) electrons. The zero-order valence-corrected chi connectivity index (χ0v) is 5.78. The maximum Gasteiger partial charge on any atom is 0.673 e. The van der Waals surface area contributed by atoms with Gasteiger partial charge in [0.25, 0.3) is 0 Å². The Balaban J connectivity index is 0.000000217. The molecule has 0 amide bonds. The fourth-order valence-electron chi connectivity index (χ4n) is 0.371. The lowest BCUT2D eigenvalue weighted by Gasteiger charge is -1.94. The van der Waals surface area contributed by atoms with Crippen LogP contribution >= 0.6 is 0 Å². The van der Waals surface area contributed by atoms with E-state index in [-0.39, 0.29) is 5.82 Å². The van der Waals surface area contributed by atoms with E-state index in [0.717, 1.165) is 0 Å². The molecule has 0 unspecified atom stereocenters. The van der Waals surface area contributed by atoms with Crippen LogP contribution < -0.4 is 0 Å². The second-order valence-electron chi connectivity index (χ2n) is 1.71. The molecule has 1 aromatic rings. The summed E-state index contributed by atoms with van der Waals surface area (Å²) in [6, 6.07) is 8.62. The third kappa shape index (κ3) is 11.7. The Labute approximate surface area is 66.1 Å². The second-order valence-corrected chi connectivity index (χ2v) is 1.71. The second kappa shape index (κ2) is 4.74. The topological polar surface area (TPSA) is 0 Å². The van der Waals surface area contributed by atoms with Gasteiger partial charge in [-0.1, -0.05) is 18.2 Å². The van der Waals surface area contributed by atoms with Gasteiger partial charge in [0, 0.05) is 6.07 Å². The van der Waals surface area contributed by atoms with E-state index in [2.05, 4.69) is 6.07 Å². The van der Waals surface area contributed by atoms with E-state index in [1.165, 1.54) is 12.1 Å². The lowest BCUT2D eigenvalue weighted by molar-refractivity contribution is 0.368. The zero-order valence-electron chi connectivity index (χ0n) is 5.78. The van der Waals surface area contributed by atoms with Gasteiger partial charge in [-0.25, -0.2) is 4.39 Å². The van der Waals surface area contributed by atoms with Crippen molar-refractivity contribution in [3.05, 3.63) is 36.1 Å². The molecular formula is C6H4BF5-. The predicted octanol–water partition coefficient (Wildman–Crippen LogP) is 2.93. The molecule has 0 spiro atoms. The van der Waals surface area contributed by atoms with Gasteiger partial charge in [0.05, 0.1) is 0 Å². The average Bonchev–Trinajstić information content (AvgIpc) is 1.85. The minimum absolute atomic E-state index is 0.303. The number of hydrogen-bond acceptors (Lipinski definition) is 0. The van der Waals surface area contributed by atoms with E-state index in [1.807, 2.05) is 0 Å². The van der Waals surface area contributed by atoms with Gasteiger partial charge >= 0.3 is 7.25 Å². The number of hydrogen-bond donors (Lipinski definition) is 0. The molecule has 0 aromatic heterocycles. The molecule has 0 bridgehead atoms. The van der Waals surface area contributed by atoms with Crippen molar-refractivity contribution in [2.24, 2.45) is 0 Å². The molecule has 6 heteroatoms. The Hall–Kier alpha value is -1.07. The van der Waals surface area contributed by atoms with Crippen LogP contribution in [0, 0.1) is 11.9 Å². The van der Waals surface area contributed by atoms with Crippen molar-refractivity contribution < 1.29 is 21.7 Å². The molecule has 0 N–H and O–H groups in total. The lowest BCUT2D eigenvalue weighted by Crippen LogP contribution is -2.02. The predicted molar refractivity (Wildman–Crippen MR) is 35.4 cm³/mol. The van der Waals surface area contributed by atoms with Crippen LogP contribution in [0.5, 0.6) is 0 Å². The normalized spacial score (nSPS) is 10.1. The third-order valence-electron chi connectivity index (χ3n) is 0.671. The van der Waals surface area contributed by atoms with E-state index in [1.54, 1.807) is 12.1 Å². The first-order chi connectivity index (χ1) is 5.39. The van der Waals surface area contributed by atoms with Crippen molar-refractivity contribution in [1.82, 2.24) is 0 Å². The molecule has 0 fully saturated rings.